The van der Waals surface area contributed by atoms with Gasteiger partial charge in [0.2, 0.25) is 0 Å². The van der Waals surface area contributed by atoms with Crippen LogP contribution in [0.3, 0.4) is 0 Å². The normalized spacial score (nSPS) is 14.3. The number of hydrogen-bond acceptors (Lipinski definition) is 12. The van der Waals surface area contributed by atoms with Gasteiger partial charge in [-0.1, -0.05) is 30.4 Å². The van der Waals surface area contributed by atoms with Gasteiger partial charge in [-0.15, -0.1) is 0 Å². The van der Waals surface area contributed by atoms with Crippen LogP contribution in [0.4, 0.5) is 0 Å². The van der Waals surface area contributed by atoms with E-state index in [2.05, 4.69) is 61.1 Å². The van der Waals surface area contributed by atoms with Crippen LogP contribution < -0.4 is 0 Å². The number of nitrogens with zero attached hydrogens (tertiary/aromatic N) is 6. The van der Waals surface area contributed by atoms with Gasteiger partial charge < -0.3 is 14.2 Å². The molecule has 0 saturated heterocycles. The van der Waals surface area contributed by atoms with E-state index in [4.69, 9.17) is 19.4 Å². The van der Waals surface area contributed by atoms with Crippen LogP contribution in [0.5, 0.6) is 0 Å². The van der Waals surface area contributed by atoms with Gasteiger partial charge in [0.05, 0.1) is 20.6 Å². The largest absolute Gasteiger partial charge is 0.469 e. The standard InChI is InChI=1S/C24H29N3O4.C23H29N3O2/c1-30-23(28)14-24(29)31-21(13-10-18-15-25-17-26-16-18)8-4-3-7-20-12-11-19-6-2-5-9-22(19)27-20;1-28-23(27)14-19(20-15-24-17-25-16-20)9-4-2-3-5-10-21-13-12-18-8-6-7-11-22(18)26-21/h10-13,15-17,21H,2-9,14H2,1H3;4,9,12-13,15-17,19H,2-3,5-8,10-11,14H2,1H3/b13-10+;9-4+/t21-;19-/m10/s1. The first kappa shape index (κ1) is 44.5. The van der Waals surface area contributed by atoms with Gasteiger partial charge in [-0.25, -0.2) is 19.9 Å². The molecule has 0 saturated carbocycles. The summed E-state index contributed by atoms with van der Waals surface area (Å²) < 4.78 is 14.8. The molecule has 0 amide bonds. The second-order valence-electron chi connectivity index (χ2n) is 15.0. The van der Waals surface area contributed by atoms with E-state index in [1.807, 2.05) is 12.2 Å². The van der Waals surface area contributed by atoms with Crippen LogP contribution in [0, 0.1) is 0 Å². The summed E-state index contributed by atoms with van der Waals surface area (Å²) >= 11 is 0. The van der Waals surface area contributed by atoms with Crippen molar-refractivity contribution in [2.24, 2.45) is 0 Å². The summed E-state index contributed by atoms with van der Waals surface area (Å²) in [6, 6.07) is 8.82. The molecule has 6 rings (SSSR count). The molecule has 2 aliphatic rings. The summed E-state index contributed by atoms with van der Waals surface area (Å²) in [5.74, 6) is -1.47. The molecule has 12 nitrogen and oxygen atoms in total. The van der Waals surface area contributed by atoms with E-state index < -0.39 is 24.5 Å². The lowest BCUT2D eigenvalue weighted by atomic mass is 9.95. The van der Waals surface area contributed by atoms with E-state index in [9.17, 15) is 14.4 Å². The van der Waals surface area contributed by atoms with Crippen LogP contribution in [-0.2, 0) is 67.1 Å². The van der Waals surface area contributed by atoms with Crippen LogP contribution in [-0.4, -0.2) is 68.1 Å². The molecule has 0 fully saturated rings. The average molecular weight is 803 g/mol. The highest BCUT2D eigenvalue weighted by Gasteiger charge is 2.17. The Labute approximate surface area is 348 Å². The average Bonchev–Trinajstić information content (AvgIpc) is 3.28. The fourth-order valence-electron chi connectivity index (χ4n) is 7.29. The first-order valence-electron chi connectivity index (χ1n) is 21.0. The number of ether oxygens (including phenoxy) is 3. The van der Waals surface area contributed by atoms with E-state index in [0.29, 0.717) is 12.8 Å². The third-order valence-corrected chi connectivity index (χ3v) is 10.6. The topological polar surface area (TPSA) is 156 Å². The lowest BCUT2D eigenvalue weighted by molar-refractivity contribution is -0.155. The summed E-state index contributed by atoms with van der Waals surface area (Å²) in [7, 11) is 2.66. The summed E-state index contributed by atoms with van der Waals surface area (Å²) in [5, 5.41) is 0. The van der Waals surface area contributed by atoms with Crippen LogP contribution in [0.1, 0.15) is 128 Å². The highest BCUT2D eigenvalue weighted by atomic mass is 16.6. The van der Waals surface area contributed by atoms with Crippen molar-refractivity contribution < 1.29 is 28.6 Å². The summed E-state index contributed by atoms with van der Waals surface area (Å²) in [6.07, 6.45) is 34.3. The first-order chi connectivity index (χ1) is 28.9. The van der Waals surface area contributed by atoms with Crippen molar-refractivity contribution in [1.82, 2.24) is 29.9 Å². The Balaban J connectivity index is 0.000000225. The van der Waals surface area contributed by atoms with Crippen molar-refractivity contribution in [1.29, 1.82) is 0 Å². The number of unbranched alkanes of at least 4 members (excludes halogenated alkanes) is 3. The molecule has 2 aliphatic carbocycles. The van der Waals surface area contributed by atoms with Gasteiger partial charge >= 0.3 is 17.9 Å². The predicted molar refractivity (Wildman–Crippen MR) is 225 cm³/mol. The number of aromatic nitrogens is 6. The van der Waals surface area contributed by atoms with Crippen molar-refractivity contribution in [2.75, 3.05) is 14.2 Å². The summed E-state index contributed by atoms with van der Waals surface area (Å²) in [4.78, 5) is 60.8. The van der Waals surface area contributed by atoms with E-state index in [-0.39, 0.29) is 11.9 Å². The fraction of sp³-hybridized carbons (Fsp3) is 0.468. The van der Waals surface area contributed by atoms with Gasteiger partial charge in [-0.2, -0.15) is 0 Å². The zero-order valence-electron chi connectivity index (χ0n) is 34.6. The van der Waals surface area contributed by atoms with Crippen LogP contribution >= 0.6 is 0 Å². The van der Waals surface area contributed by atoms with Crippen LogP contribution in [0.2, 0.25) is 0 Å². The van der Waals surface area contributed by atoms with Crippen molar-refractivity contribution in [3.8, 4) is 0 Å². The molecular formula is C47H58N6O6. The molecule has 312 valence electrons. The Bertz CT molecular complexity index is 1970. The minimum Gasteiger partial charge on any atom is -0.469 e. The van der Waals surface area contributed by atoms with Gasteiger partial charge in [-0.05, 0) is 138 Å². The maximum Gasteiger partial charge on any atom is 0.317 e. The number of pyridine rings is 2. The number of allylic oxidation sites excluding steroid dienone is 2. The van der Waals surface area contributed by atoms with E-state index in [1.165, 1.54) is 87.2 Å². The Hall–Kier alpha value is -5.65. The third-order valence-electron chi connectivity index (χ3n) is 10.6. The zero-order chi connectivity index (χ0) is 41.5. The Morgan fingerprint density at radius 1 is 0.661 bits per heavy atom. The minimum atomic E-state index is -0.609. The fourth-order valence-corrected chi connectivity index (χ4v) is 7.29. The number of esters is 3. The highest BCUT2D eigenvalue weighted by molar-refractivity contribution is 5.91. The number of aryl methyl sites for hydroxylation is 6. The molecule has 0 spiro atoms. The van der Waals surface area contributed by atoms with Crippen molar-refractivity contribution in [3.63, 3.8) is 0 Å². The summed E-state index contributed by atoms with van der Waals surface area (Å²) in [5.41, 5.74) is 9.50. The molecule has 0 bridgehead atoms. The smallest absolute Gasteiger partial charge is 0.317 e. The van der Waals surface area contributed by atoms with E-state index in [0.717, 1.165) is 81.0 Å². The molecule has 2 atom stereocenters. The van der Waals surface area contributed by atoms with Gasteiger partial charge in [0.1, 0.15) is 25.2 Å². The van der Waals surface area contributed by atoms with Gasteiger partial charge in [0.25, 0.3) is 0 Å². The monoisotopic (exact) mass is 802 g/mol. The predicted octanol–water partition coefficient (Wildman–Crippen LogP) is 8.02. The quantitative estimate of drug-likeness (QED) is 0.0296. The molecule has 59 heavy (non-hydrogen) atoms. The Morgan fingerprint density at radius 3 is 1.85 bits per heavy atom. The lowest BCUT2D eigenvalue weighted by Gasteiger charge is -2.16. The number of carbonyl (C=O) groups is 3. The molecule has 4 aromatic rings. The minimum absolute atomic E-state index is 0.0454. The lowest BCUT2D eigenvalue weighted by Crippen LogP contribution is -2.19. The molecule has 0 aliphatic heterocycles. The number of fused-ring (bicyclic) bond motifs is 2. The van der Waals surface area contributed by atoms with Gasteiger partial charge in [0, 0.05) is 59.0 Å². The van der Waals surface area contributed by atoms with Crippen molar-refractivity contribution in [3.05, 3.63) is 125 Å². The second kappa shape index (κ2) is 25.0. The van der Waals surface area contributed by atoms with E-state index >= 15 is 0 Å². The van der Waals surface area contributed by atoms with Crippen LogP contribution in [0.15, 0.2) is 79.9 Å². The molecule has 0 radical (unpaired) electrons. The van der Waals surface area contributed by atoms with E-state index in [1.54, 1.807) is 24.8 Å². The molecule has 0 aromatic carbocycles. The molecule has 0 N–H and O–H groups in total. The molecule has 4 heterocycles. The maximum atomic E-state index is 12.0. The Kier molecular flexibility index (Phi) is 18.8. The number of methoxy groups -OCH3 is 2. The van der Waals surface area contributed by atoms with Gasteiger partial charge in [-0.3, -0.25) is 24.4 Å². The van der Waals surface area contributed by atoms with Gasteiger partial charge in [0.15, 0.2) is 0 Å². The number of hydrogen-bond donors (Lipinski definition) is 0. The number of carbonyl (C=O) groups excluding carboxylic acids is 3. The molecule has 0 unspecified atom stereocenters. The molecule has 4 aromatic heterocycles. The van der Waals surface area contributed by atoms with Crippen LogP contribution in [0.25, 0.3) is 6.08 Å². The van der Waals surface area contributed by atoms with Crippen molar-refractivity contribution >= 4 is 24.0 Å². The zero-order valence-corrected chi connectivity index (χ0v) is 34.6. The number of rotatable bonds is 19. The Morgan fingerprint density at radius 2 is 1.24 bits per heavy atom. The van der Waals surface area contributed by atoms with Crippen molar-refractivity contribution in [2.45, 2.75) is 128 Å². The first-order valence-corrected chi connectivity index (χ1v) is 21.0. The highest BCUT2D eigenvalue weighted by Crippen LogP contribution is 2.23. The SMILES string of the molecule is COC(=O)CC(=O)O[C@@H](/C=C/c1cncnc1)CCCCc1ccc2c(n1)CCCC2.COC(=O)C[C@H](/C=C/CCCCc1ccc2c(n1)CCCC2)c1cncnc1. The molecule has 12 heteroatoms. The summed E-state index contributed by atoms with van der Waals surface area (Å²) in [6.45, 7) is 0. The third kappa shape index (κ3) is 15.9. The molecular weight excluding hydrogens is 745 g/mol. The second-order valence-corrected chi connectivity index (χ2v) is 15.0. The maximum absolute atomic E-state index is 12.0.